The van der Waals surface area contributed by atoms with Crippen molar-refractivity contribution in [3.8, 4) is 5.75 Å². The third-order valence-electron chi connectivity index (χ3n) is 5.13. The first kappa shape index (κ1) is 21.5. The summed E-state index contributed by atoms with van der Waals surface area (Å²) >= 11 is 0. The number of anilines is 2. The number of fused-ring (bicyclic) bond motifs is 1. The zero-order valence-corrected chi connectivity index (χ0v) is 17.0. The lowest BCUT2D eigenvalue weighted by molar-refractivity contribution is -0.274. The standard InChI is InChI=1S/C23H19F3N2O4/c1-14-6-7-16(13-18(14)27-21(29)20-5-3-11-31-20)22(30)28-10-2-4-15-12-17(8-9-19(15)28)32-23(24,25)26/h3,5-9,11-13H,2,4,10H2,1H3,(H,27,29). The van der Waals surface area contributed by atoms with Crippen molar-refractivity contribution in [2.45, 2.75) is 26.1 Å². The minimum atomic E-state index is -4.78. The van der Waals surface area contributed by atoms with Gasteiger partial charge >= 0.3 is 6.36 Å². The van der Waals surface area contributed by atoms with Crippen LogP contribution in [0.15, 0.2) is 59.2 Å². The summed E-state index contributed by atoms with van der Waals surface area (Å²) in [5.74, 6) is -0.932. The van der Waals surface area contributed by atoms with Gasteiger partial charge in [0.1, 0.15) is 5.75 Å². The minimum absolute atomic E-state index is 0.142. The van der Waals surface area contributed by atoms with E-state index in [0.29, 0.717) is 41.9 Å². The lowest BCUT2D eigenvalue weighted by Gasteiger charge is -2.30. The number of aryl methyl sites for hydroxylation is 2. The Bertz CT molecular complexity index is 1160. The molecule has 0 atom stereocenters. The molecule has 2 amide bonds. The summed E-state index contributed by atoms with van der Waals surface area (Å²) in [5.41, 5.74) is 2.70. The molecule has 1 aliphatic rings. The number of ether oxygens (including phenoxy) is 1. The Morgan fingerprint density at radius 3 is 2.66 bits per heavy atom. The predicted octanol–water partition coefficient (Wildman–Crippen LogP) is 5.33. The molecule has 0 aliphatic carbocycles. The van der Waals surface area contributed by atoms with E-state index in [2.05, 4.69) is 10.1 Å². The lowest BCUT2D eigenvalue weighted by atomic mass is 10.00. The minimum Gasteiger partial charge on any atom is -0.459 e. The highest BCUT2D eigenvalue weighted by atomic mass is 19.4. The van der Waals surface area contributed by atoms with Crippen LogP contribution in [0, 0.1) is 6.92 Å². The summed E-state index contributed by atoms with van der Waals surface area (Å²) in [5, 5.41) is 2.73. The summed E-state index contributed by atoms with van der Waals surface area (Å²) in [6.45, 7) is 2.22. The molecule has 32 heavy (non-hydrogen) atoms. The van der Waals surface area contributed by atoms with Gasteiger partial charge in [0.2, 0.25) is 0 Å². The number of furan rings is 1. The summed E-state index contributed by atoms with van der Waals surface area (Å²) in [4.78, 5) is 27.1. The smallest absolute Gasteiger partial charge is 0.459 e. The summed E-state index contributed by atoms with van der Waals surface area (Å²) in [6, 6.07) is 12.0. The molecule has 0 radical (unpaired) electrons. The molecule has 0 fully saturated rings. The van der Waals surface area contributed by atoms with Gasteiger partial charge in [-0.3, -0.25) is 9.59 Å². The van der Waals surface area contributed by atoms with Crippen LogP contribution >= 0.6 is 0 Å². The monoisotopic (exact) mass is 444 g/mol. The van der Waals surface area contributed by atoms with Gasteiger partial charge in [0.25, 0.3) is 11.8 Å². The Balaban J connectivity index is 1.58. The molecule has 3 aromatic rings. The number of carbonyl (C=O) groups excluding carboxylic acids is 2. The van der Waals surface area contributed by atoms with Gasteiger partial charge in [-0.2, -0.15) is 0 Å². The number of alkyl halides is 3. The van der Waals surface area contributed by atoms with Crippen molar-refractivity contribution in [3.05, 3.63) is 77.2 Å². The molecule has 9 heteroatoms. The number of rotatable bonds is 4. The van der Waals surface area contributed by atoms with Crippen molar-refractivity contribution in [1.29, 1.82) is 0 Å². The number of halogens is 3. The first-order chi connectivity index (χ1) is 15.2. The van der Waals surface area contributed by atoms with Gasteiger partial charge in [-0.05, 0) is 73.4 Å². The fourth-order valence-corrected chi connectivity index (χ4v) is 3.62. The molecule has 0 unspecified atom stereocenters. The van der Waals surface area contributed by atoms with Crippen LogP contribution in [0.3, 0.4) is 0 Å². The van der Waals surface area contributed by atoms with Gasteiger partial charge < -0.3 is 19.4 Å². The highest BCUT2D eigenvalue weighted by Crippen LogP contribution is 2.34. The predicted molar refractivity (Wildman–Crippen MR) is 111 cm³/mol. The Kier molecular flexibility index (Phi) is 5.65. The SMILES string of the molecule is Cc1ccc(C(=O)N2CCCc3cc(OC(F)(F)F)ccc32)cc1NC(=O)c1ccco1. The van der Waals surface area contributed by atoms with E-state index in [1.807, 2.05) is 0 Å². The van der Waals surface area contributed by atoms with Crippen LogP contribution in [0.1, 0.15) is 38.5 Å². The second-order valence-corrected chi connectivity index (χ2v) is 7.36. The summed E-state index contributed by atoms with van der Waals surface area (Å²) < 4.78 is 46.7. The van der Waals surface area contributed by atoms with E-state index in [0.717, 1.165) is 5.56 Å². The van der Waals surface area contributed by atoms with Crippen molar-refractivity contribution in [2.75, 3.05) is 16.8 Å². The lowest BCUT2D eigenvalue weighted by Crippen LogP contribution is -2.35. The van der Waals surface area contributed by atoms with E-state index >= 15 is 0 Å². The molecular formula is C23H19F3N2O4. The Hall–Kier alpha value is -3.75. The Labute approximate surface area is 181 Å². The molecule has 1 aromatic heterocycles. The number of nitrogens with one attached hydrogen (secondary N) is 1. The maximum atomic E-state index is 13.2. The zero-order chi connectivity index (χ0) is 22.9. The second kappa shape index (κ2) is 8.41. The van der Waals surface area contributed by atoms with Crippen molar-refractivity contribution in [1.82, 2.24) is 0 Å². The van der Waals surface area contributed by atoms with E-state index in [1.165, 1.54) is 35.4 Å². The quantitative estimate of drug-likeness (QED) is 0.590. The van der Waals surface area contributed by atoms with E-state index in [9.17, 15) is 22.8 Å². The first-order valence-corrected chi connectivity index (χ1v) is 9.87. The van der Waals surface area contributed by atoms with Crippen molar-refractivity contribution < 1.29 is 31.9 Å². The maximum Gasteiger partial charge on any atom is 0.573 e. The van der Waals surface area contributed by atoms with Gasteiger partial charge in [0.05, 0.1) is 6.26 Å². The summed E-state index contributed by atoms with van der Waals surface area (Å²) in [6.07, 6.45) is -2.26. The van der Waals surface area contributed by atoms with E-state index in [4.69, 9.17) is 4.42 Å². The molecule has 1 N–H and O–H groups in total. The molecule has 166 valence electrons. The third-order valence-corrected chi connectivity index (χ3v) is 5.13. The molecule has 6 nitrogen and oxygen atoms in total. The number of carbonyl (C=O) groups is 2. The molecule has 2 heterocycles. The fraction of sp³-hybridized carbons (Fsp3) is 0.217. The average molecular weight is 444 g/mol. The fourth-order valence-electron chi connectivity index (χ4n) is 3.62. The number of amides is 2. The van der Waals surface area contributed by atoms with Crippen molar-refractivity contribution in [2.24, 2.45) is 0 Å². The van der Waals surface area contributed by atoms with Crippen LogP contribution in [0.5, 0.6) is 5.75 Å². The molecular weight excluding hydrogens is 425 g/mol. The highest BCUT2D eigenvalue weighted by molar-refractivity contribution is 6.08. The van der Waals surface area contributed by atoms with Crippen LogP contribution in [0.2, 0.25) is 0 Å². The van der Waals surface area contributed by atoms with Crippen LogP contribution in [0.4, 0.5) is 24.5 Å². The topological polar surface area (TPSA) is 71.8 Å². The van der Waals surface area contributed by atoms with Crippen LogP contribution in [-0.2, 0) is 6.42 Å². The number of nitrogens with zero attached hydrogens (tertiary/aromatic N) is 1. The Morgan fingerprint density at radius 2 is 1.94 bits per heavy atom. The van der Waals surface area contributed by atoms with E-state index in [-0.39, 0.29) is 17.4 Å². The molecule has 2 aromatic carbocycles. The van der Waals surface area contributed by atoms with Gasteiger partial charge in [-0.15, -0.1) is 13.2 Å². The zero-order valence-electron chi connectivity index (χ0n) is 17.0. The molecule has 0 saturated heterocycles. The number of hydrogen-bond acceptors (Lipinski definition) is 4. The first-order valence-electron chi connectivity index (χ1n) is 9.87. The van der Waals surface area contributed by atoms with Crippen LogP contribution in [-0.4, -0.2) is 24.7 Å². The van der Waals surface area contributed by atoms with Gasteiger partial charge in [-0.1, -0.05) is 6.07 Å². The van der Waals surface area contributed by atoms with Gasteiger partial charge in [0.15, 0.2) is 5.76 Å². The van der Waals surface area contributed by atoms with Crippen LogP contribution < -0.4 is 15.0 Å². The summed E-state index contributed by atoms with van der Waals surface area (Å²) in [7, 11) is 0. The molecule has 0 spiro atoms. The van der Waals surface area contributed by atoms with Crippen molar-refractivity contribution in [3.63, 3.8) is 0 Å². The maximum absolute atomic E-state index is 13.2. The Morgan fingerprint density at radius 1 is 1.12 bits per heavy atom. The van der Waals surface area contributed by atoms with Gasteiger partial charge in [0, 0.05) is 23.5 Å². The second-order valence-electron chi connectivity index (χ2n) is 7.36. The van der Waals surface area contributed by atoms with E-state index in [1.54, 1.807) is 31.2 Å². The number of benzene rings is 2. The highest BCUT2D eigenvalue weighted by Gasteiger charge is 2.32. The van der Waals surface area contributed by atoms with Crippen LogP contribution in [0.25, 0.3) is 0 Å². The number of hydrogen-bond donors (Lipinski definition) is 1. The molecule has 0 saturated carbocycles. The van der Waals surface area contributed by atoms with E-state index < -0.39 is 12.3 Å². The molecule has 1 aliphatic heterocycles. The largest absolute Gasteiger partial charge is 0.573 e. The van der Waals surface area contributed by atoms with Gasteiger partial charge in [-0.25, -0.2) is 0 Å². The molecule has 0 bridgehead atoms. The normalized spacial score (nSPS) is 13.4. The van der Waals surface area contributed by atoms with Crippen molar-refractivity contribution >= 4 is 23.2 Å². The third kappa shape index (κ3) is 4.61. The average Bonchev–Trinajstić information content (AvgIpc) is 3.28. The molecule has 4 rings (SSSR count).